The first-order chi connectivity index (χ1) is 13.1. The maximum atomic E-state index is 13.8. The molecule has 0 saturated carbocycles. The quantitative estimate of drug-likeness (QED) is 0.744. The van der Waals surface area contributed by atoms with Crippen molar-refractivity contribution in [2.45, 2.75) is 32.4 Å². The van der Waals surface area contributed by atoms with Gasteiger partial charge >= 0.3 is 0 Å². The summed E-state index contributed by atoms with van der Waals surface area (Å²) in [7, 11) is 0. The maximum absolute atomic E-state index is 13.8. The molecule has 4 rings (SSSR count). The van der Waals surface area contributed by atoms with Gasteiger partial charge in [-0.15, -0.1) is 0 Å². The third kappa shape index (κ3) is 3.80. The molecule has 1 aromatic heterocycles. The predicted molar refractivity (Wildman–Crippen MR) is 104 cm³/mol. The summed E-state index contributed by atoms with van der Waals surface area (Å²) < 4.78 is 15.7. The van der Waals surface area contributed by atoms with Crippen molar-refractivity contribution in [2.24, 2.45) is 0 Å². The van der Waals surface area contributed by atoms with Gasteiger partial charge in [0.2, 0.25) is 0 Å². The molecule has 1 atom stereocenters. The molecule has 0 amide bonds. The number of rotatable bonds is 5. The summed E-state index contributed by atoms with van der Waals surface area (Å²) in [5, 5.41) is 14.4. The first-order valence-electron chi connectivity index (χ1n) is 9.40. The number of nitrogens with zero attached hydrogens (tertiary/aromatic N) is 3. The van der Waals surface area contributed by atoms with E-state index in [4.69, 9.17) is 5.10 Å². The molecular formula is C22H24FN3O. The molecule has 27 heavy (non-hydrogen) atoms. The third-order valence-electron chi connectivity index (χ3n) is 5.24. The molecule has 1 aliphatic heterocycles. The molecule has 4 nitrogen and oxygen atoms in total. The SMILES string of the molecule is Cc1cccc(-n2cc(CN3CCC[C@H]3CO)c(-c3cccc(F)c3)n2)c1. The molecule has 0 spiro atoms. The Morgan fingerprint density at radius 3 is 2.81 bits per heavy atom. The van der Waals surface area contributed by atoms with E-state index in [0.717, 1.165) is 47.5 Å². The number of benzene rings is 2. The van der Waals surface area contributed by atoms with E-state index in [1.165, 1.54) is 12.1 Å². The van der Waals surface area contributed by atoms with E-state index in [1.54, 1.807) is 6.07 Å². The van der Waals surface area contributed by atoms with E-state index >= 15 is 0 Å². The Bertz CT molecular complexity index is 937. The molecule has 2 aromatic carbocycles. The summed E-state index contributed by atoms with van der Waals surface area (Å²) in [4.78, 5) is 2.29. The van der Waals surface area contributed by atoms with Crippen molar-refractivity contribution >= 4 is 0 Å². The molecular weight excluding hydrogens is 341 g/mol. The summed E-state index contributed by atoms with van der Waals surface area (Å²) in [5.41, 5.74) is 4.76. The summed E-state index contributed by atoms with van der Waals surface area (Å²) in [6, 6.07) is 14.9. The first-order valence-corrected chi connectivity index (χ1v) is 9.40. The van der Waals surface area contributed by atoms with Gasteiger partial charge in [-0.05, 0) is 56.1 Å². The summed E-state index contributed by atoms with van der Waals surface area (Å²) in [6.45, 7) is 3.88. The van der Waals surface area contributed by atoms with Crippen molar-refractivity contribution in [1.82, 2.24) is 14.7 Å². The van der Waals surface area contributed by atoms with Gasteiger partial charge in [0.1, 0.15) is 5.82 Å². The van der Waals surface area contributed by atoms with E-state index in [-0.39, 0.29) is 18.5 Å². The van der Waals surface area contributed by atoms with Crippen molar-refractivity contribution in [3.63, 3.8) is 0 Å². The Balaban J connectivity index is 1.75. The van der Waals surface area contributed by atoms with Gasteiger partial charge in [0, 0.05) is 29.9 Å². The largest absolute Gasteiger partial charge is 0.395 e. The van der Waals surface area contributed by atoms with Gasteiger partial charge in [-0.25, -0.2) is 9.07 Å². The second-order valence-corrected chi connectivity index (χ2v) is 7.25. The number of likely N-dealkylation sites (tertiary alicyclic amines) is 1. The maximum Gasteiger partial charge on any atom is 0.123 e. The van der Waals surface area contributed by atoms with Crippen LogP contribution in [0, 0.1) is 12.7 Å². The van der Waals surface area contributed by atoms with Crippen LogP contribution < -0.4 is 0 Å². The number of aromatic nitrogens is 2. The molecule has 3 aromatic rings. The number of aliphatic hydroxyl groups is 1. The molecule has 5 heteroatoms. The Morgan fingerprint density at radius 2 is 2.04 bits per heavy atom. The Morgan fingerprint density at radius 1 is 1.19 bits per heavy atom. The van der Waals surface area contributed by atoms with Crippen molar-refractivity contribution < 1.29 is 9.50 Å². The highest BCUT2D eigenvalue weighted by Gasteiger charge is 2.25. The molecule has 1 aliphatic rings. The average Bonchev–Trinajstić information content (AvgIpc) is 3.29. The fourth-order valence-electron chi connectivity index (χ4n) is 3.84. The highest BCUT2D eigenvalue weighted by atomic mass is 19.1. The Hall–Kier alpha value is -2.50. The zero-order valence-corrected chi connectivity index (χ0v) is 15.5. The second kappa shape index (κ2) is 7.62. The van der Waals surface area contributed by atoms with Crippen LogP contribution in [0.3, 0.4) is 0 Å². The monoisotopic (exact) mass is 365 g/mol. The normalized spacial score (nSPS) is 17.5. The van der Waals surface area contributed by atoms with E-state index < -0.39 is 0 Å². The smallest absolute Gasteiger partial charge is 0.123 e. The Labute approximate surface area is 158 Å². The van der Waals surface area contributed by atoms with Crippen LogP contribution in [0.1, 0.15) is 24.0 Å². The number of aliphatic hydroxyl groups excluding tert-OH is 1. The Kier molecular flexibility index (Phi) is 5.05. The van der Waals surface area contributed by atoms with Gasteiger partial charge in [-0.1, -0.05) is 24.3 Å². The zero-order valence-electron chi connectivity index (χ0n) is 15.5. The van der Waals surface area contributed by atoms with Gasteiger partial charge < -0.3 is 5.11 Å². The van der Waals surface area contributed by atoms with Crippen LogP contribution in [0.4, 0.5) is 4.39 Å². The van der Waals surface area contributed by atoms with Crippen LogP contribution in [0.15, 0.2) is 54.7 Å². The van der Waals surface area contributed by atoms with Gasteiger partial charge in [0.25, 0.3) is 0 Å². The molecule has 2 heterocycles. The van der Waals surface area contributed by atoms with Crippen LogP contribution >= 0.6 is 0 Å². The van der Waals surface area contributed by atoms with E-state index in [2.05, 4.69) is 24.0 Å². The van der Waals surface area contributed by atoms with Crippen LogP contribution in [0.5, 0.6) is 0 Å². The van der Waals surface area contributed by atoms with Gasteiger partial charge in [0.05, 0.1) is 18.0 Å². The minimum atomic E-state index is -0.266. The molecule has 1 fully saturated rings. The number of hydrogen-bond donors (Lipinski definition) is 1. The van der Waals surface area contributed by atoms with Gasteiger partial charge in [-0.2, -0.15) is 5.10 Å². The lowest BCUT2D eigenvalue weighted by Gasteiger charge is -2.22. The van der Waals surface area contributed by atoms with Crippen LogP contribution in [0.25, 0.3) is 16.9 Å². The molecule has 0 unspecified atom stereocenters. The van der Waals surface area contributed by atoms with Crippen molar-refractivity contribution in [2.75, 3.05) is 13.2 Å². The molecule has 140 valence electrons. The fraction of sp³-hybridized carbons (Fsp3) is 0.318. The molecule has 1 saturated heterocycles. The van der Waals surface area contributed by atoms with E-state index in [1.807, 2.05) is 29.1 Å². The standard InChI is InChI=1S/C22H24FN3O/c1-16-5-2-8-20(11-16)26-14-18(13-25-10-4-9-21(25)15-27)22(24-26)17-6-3-7-19(23)12-17/h2-3,5-8,11-12,14,21,27H,4,9-10,13,15H2,1H3/t21-/m0/s1. The van der Waals surface area contributed by atoms with Crippen LogP contribution in [-0.4, -0.2) is 39.0 Å². The number of halogens is 1. The van der Waals surface area contributed by atoms with Gasteiger partial charge in [-0.3, -0.25) is 4.90 Å². The van der Waals surface area contributed by atoms with Crippen molar-refractivity contribution in [3.8, 4) is 16.9 Å². The predicted octanol–water partition coefficient (Wildman–Crippen LogP) is 3.94. The van der Waals surface area contributed by atoms with Crippen LogP contribution in [-0.2, 0) is 6.54 Å². The summed E-state index contributed by atoms with van der Waals surface area (Å²) >= 11 is 0. The van der Waals surface area contributed by atoms with Crippen molar-refractivity contribution in [1.29, 1.82) is 0 Å². The van der Waals surface area contributed by atoms with Crippen molar-refractivity contribution in [3.05, 3.63) is 71.7 Å². The fourth-order valence-corrected chi connectivity index (χ4v) is 3.84. The minimum Gasteiger partial charge on any atom is -0.395 e. The highest BCUT2D eigenvalue weighted by Crippen LogP contribution is 2.28. The average molecular weight is 365 g/mol. The van der Waals surface area contributed by atoms with Gasteiger partial charge in [0.15, 0.2) is 0 Å². The lowest BCUT2D eigenvalue weighted by molar-refractivity contribution is 0.154. The third-order valence-corrected chi connectivity index (χ3v) is 5.24. The number of aryl methyl sites for hydroxylation is 1. The minimum absolute atomic E-state index is 0.168. The molecule has 0 bridgehead atoms. The second-order valence-electron chi connectivity index (χ2n) is 7.25. The summed E-state index contributed by atoms with van der Waals surface area (Å²) in [6.07, 6.45) is 4.13. The lowest BCUT2D eigenvalue weighted by atomic mass is 10.1. The highest BCUT2D eigenvalue weighted by molar-refractivity contribution is 5.63. The molecule has 1 N–H and O–H groups in total. The number of hydrogen-bond acceptors (Lipinski definition) is 3. The first kappa shape index (κ1) is 17.9. The lowest BCUT2D eigenvalue weighted by Crippen LogP contribution is -2.31. The summed E-state index contributed by atoms with van der Waals surface area (Å²) in [5.74, 6) is -0.266. The zero-order chi connectivity index (χ0) is 18.8. The van der Waals surface area contributed by atoms with E-state index in [9.17, 15) is 9.50 Å². The topological polar surface area (TPSA) is 41.3 Å². The van der Waals surface area contributed by atoms with Crippen LogP contribution in [0.2, 0.25) is 0 Å². The van der Waals surface area contributed by atoms with E-state index in [0.29, 0.717) is 6.54 Å². The molecule has 0 radical (unpaired) electrons. The molecule has 0 aliphatic carbocycles.